The summed E-state index contributed by atoms with van der Waals surface area (Å²) in [6, 6.07) is 14.0. The molecule has 2 aromatic carbocycles. The van der Waals surface area contributed by atoms with Gasteiger partial charge in [0.15, 0.2) is 0 Å². The maximum absolute atomic E-state index is 12.9. The van der Waals surface area contributed by atoms with E-state index in [-0.39, 0.29) is 0 Å². The van der Waals surface area contributed by atoms with Crippen LogP contribution < -0.4 is 15.6 Å². The third-order valence-electron chi connectivity index (χ3n) is 5.58. The van der Waals surface area contributed by atoms with Crippen LogP contribution in [0.15, 0.2) is 59.4 Å². The van der Waals surface area contributed by atoms with Crippen LogP contribution in [0, 0.1) is 0 Å². The Morgan fingerprint density at radius 3 is 2.45 bits per heavy atom. The number of pyridine rings is 1. The third-order valence-corrected chi connectivity index (χ3v) is 5.58. The van der Waals surface area contributed by atoms with E-state index in [1.54, 1.807) is 11.1 Å². The zero-order valence-corrected chi connectivity index (χ0v) is 16.1. The number of hydrogen-bond donors (Lipinski definition) is 2. The van der Waals surface area contributed by atoms with Crippen LogP contribution in [-0.4, -0.2) is 10.9 Å². The van der Waals surface area contributed by atoms with Crippen molar-refractivity contribution in [3.63, 3.8) is 0 Å². The molecule has 5 rings (SSSR count). The third kappa shape index (κ3) is 3.58. The molecule has 1 aromatic heterocycles. The number of benzene rings is 2. The van der Waals surface area contributed by atoms with Crippen molar-refractivity contribution in [1.82, 2.24) is 10.3 Å². The Kier molecular flexibility index (Phi) is 4.39. The van der Waals surface area contributed by atoms with E-state index in [4.69, 9.17) is 4.74 Å². The number of carbonyl (C=O) groups is 1. The zero-order valence-electron chi connectivity index (χ0n) is 16.1. The topological polar surface area (TPSA) is 71.2 Å². The van der Waals surface area contributed by atoms with Gasteiger partial charge < -0.3 is 15.0 Å². The van der Waals surface area contributed by atoms with Crippen LogP contribution in [-0.2, 0) is 6.18 Å². The first-order chi connectivity index (χ1) is 14.8. The molecule has 0 saturated heterocycles. The molecule has 2 N–H and O–H groups in total. The highest BCUT2D eigenvalue weighted by Gasteiger charge is 2.34. The number of carbonyl (C=O) groups excluding carboxylic acids is 1. The van der Waals surface area contributed by atoms with Crippen molar-refractivity contribution in [2.24, 2.45) is 0 Å². The van der Waals surface area contributed by atoms with E-state index in [1.807, 2.05) is 36.4 Å². The summed E-state index contributed by atoms with van der Waals surface area (Å²) in [5.41, 5.74) is -0.0887. The zero-order chi connectivity index (χ0) is 21.8. The Balaban J connectivity index is 1.52. The van der Waals surface area contributed by atoms with Gasteiger partial charge in [-0.1, -0.05) is 24.3 Å². The first kappa shape index (κ1) is 19.4. The van der Waals surface area contributed by atoms with Gasteiger partial charge in [-0.25, -0.2) is 0 Å². The molecule has 0 radical (unpaired) electrons. The van der Waals surface area contributed by atoms with Crippen molar-refractivity contribution in [1.29, 1.82) is 0 Å². The monoisotopic (exact) mass is 426 g/mol. The van der Waals surface area contributed by atoms with Gasteiger partial charge in [-0.15, -0.1) is 0 Å². The number of H-pyrrole nitrogens is 1. The Labute approximate surface area is 174 Å². The molecule has 1 unspecified atom stereocenters. The van der Waals surface area contributed by atoms with E-state index >= 15 is 0 Å². The molecule has 0 spiro atoms. The summed E-state index contributed by atoms with van der Waals surface area (Å²) < 4.78 is 44.5. The molecular weight excluding hydrogens is 409 g/mol. The minimum Gasteiger partial charge on any atom is -0.457 e. The maximum atomic E-state index is 12.9. The Hall–Kier alpha value is -3.55. The van der Waals surface area contributed by atoms with Gasteiger partial charge >= 0.3 is 6.18 Å². The van der Waals surface area contributed by atoms with Crippen LogP contribution in [0.5, 0.6) is 11.5 Å². The van der Waals surface area contributed by atoms with Gasteiger partial charge in [0.1, 0.15) is 22.8 Å². The first-order valence-corrected chi connectivity index (χ1v) is 9.83. The molecule has 1 saturated carbocycles. The number of para-hydroxylation sites is 1. The van der Waals surface area contributed by atoms with Gasteiger partial charge in [0, 0.05) is 11.1 Å². The number of hydrogen-bond acceptors (Lipinski definition) is 3. The number of amides is 1. The van der Waals surface area contributed by atoms with Crippen molar-refractivity contribution in [2.75, 3.05) is 0 Å². The lowest BCUT2D eigenvalue weighted by molar-refractivity contribution is -0.141. The van der Waals surface area contributed by atoms with Crippen molar-refractivity contribution in [3.05, 3.63) is 92.9 Å². The quantitative estimate of drug-likeness (QED) is 0.626. The van der Waals surface area contributed by atoms with Crippen LogP contribution >= 0.6 is 0 Å². The van der Waals surface area contributed by atoms with Crippen LogP contribution in [0.2, 0.25) is 0 Å². The predicted molar refractivity (Wildman–Crippen MR) is 106 cm³/mol. The summed E-state index contributed by atoms with van der Waals surface area (Å²) in [6.45, 7) is 0. The van der Waals surface area contributed by atoms with Crippen molar-refractivity contribution in [2.45, 2.75) is 31.0 Å². The summed E-state index contributed by atoms with van der Waals surface area (Å²) in [5, 5.41) is 2.81. The number of halogens is 3. The molecule has 1 amide bonds. The number of fused-ring (bicyclic) bond motifs is 2. The van der Waals surface area contributed by atoms with E-state index in [0.29, 0.717) is 29.0 Å². The molecule has 158 valence electrons. The van der Waals surface area contributed by atoms with Crippen LogP contribution in [0.3, 0.4) is 0 Å². The summed E-state index contributed by atoms with van der Waals surface area (Å²) in [7, 11) is 0. The standard InChI is InChI=1S/C23H17F3N2O3/c24-23(25,26)19-10-8-15(21(29)27-19)22(30)28-20-14-3-1-2-4-17(14)31-18-9-7-13(11-16(18)20)12-5-6-12/h1-4,7-12,20H,5-6H2,(H,27,29)(H,28,30). The van der Waals surface area contributed by atoms with Crippen molar-refractivity contribution >= 4 is 5.91 Å². The van der Waals surface area contributed by atoms with Gasteiger partial charge in [-0.3, -0.25) is 9.59 Å². The van der Waals surface area contributed by atoms with Gasteiger partial charge in [-0.05, 0) is 54.7 Å². The molecule has 0 bridgehead atoms. The second kappa shape index (κ2) is 7.01. The maximum Gasteiger partial charge on any atom is 0.431 e. The predicted octanol–water partition coefficient (Wildman–Crippen LogP) is 4.90. The minimum atomic E-state index is -4.70. The molecule has 1 fully saturated rings. The van der Waals surface area contributed by atoms with Gasteiger partial charge in [0.05, 0.1) is 6.04 Å². The fourth-order valence-electron chi connectivity index (χ4n) is 3.84. The average molecular weight is 426 g/mol. The second-order valence-corrected chi connectivity index (χ2v) is 7.73. The van der Waals surface area contributed by atoms with E-state index in [9.17, 15) is 22.8 Å². The van der Waals surface area contributed by atoms with Gasteiger partial charge in [0.25, 0.3) is 11.5 Å². The van der Waals surface area contributed by atoms with Crippen molar-refractivity contribution in [3.8, 4) is 11.5 Å². The van der Waals surface area contributed by atoms with E-state index in [2.05, 4.69) is 5.32 Å². The number of ether oxygens (including phenoxy) is 1. The molecule has 2 heterocycles. The molecule has 1 aliphatic carbocycles. The van der Waals surface area contributed by atoms with Gasteiger partial charge in [-0.2, -0.15) is 13.2 Å². The summed E-state index contributed by atoms with van der Waals surface area (Å²) >= 11 is 0. The number of rotatable bonds is 3. The minimum absolute atomic E-state index is 0.392. The molecule has 1 aliphatic heterocycles. The molecule has 1 atom stereocenters. The second-order valence-electron chi connectivity index (χ2n) is 7.73. The highest BCUT2D eigenvalue weighted by molar-refractivity contribution is 5.94. The van der Waals surface area contributed by atoms with E-state index in [0.717, 1.165) is 30.0 Å². The Bertz CT molecular complexity index is 1250. The number of aromatic amines is 1. The molecule has 8 heteroatoms. The Morgan fingerprint density at radius 2 is 1.74 bits per heavy atom. The first-order valence-electron chi connectivity index (χ1n) is 9.83. The fourth-order valence-corrected chi connectivity index (χ4v) is 3.84. The molecular formula is C23H17F3N2O3. The van der Waals surface area contributed by atoms with Gasteiger partial charge in [0.2, 0.25) is 0 Å². The smallest absolute Gasteiger partial charge is 0.431 e. The summed E-state index contributed by atoms with van der Waals surface area (Å²) in [5.74, 6) is 0.881. The summed E-state index contributed by atoms with van der Waals surface area (Å²) in [4.78, 5) is 26.8. The average Bonchev–Trinajstić information content (AvgIpc) is 3.58. The normalized spacial score (nSPS) is 17.3. The summed E-state index contributed by atoms with van der Waals surface area (Å²) in [6.07, 6.45) is -2.49. The van der Waals surface area contributed by atoms with E-state index < -0.39 is 34.9 Å². The lowest BCUT2D eigenvalue weighted by Gasteiger charge is -2.29. The molecule has 2 aliphatic rings. The van der Waals surface area contributed by atoms with Crippen LogP contribution in [0.1, 0.15) is 57.5 Å². The Morgan fingerprint density at radius 1 is 1.00 bits per heavy atom. The van der Waals surface area contributed by atoms with E-state index in [1.165, 1.54) is 0 Å². The number of alkyl halides is 3. The highest BCUT2D eigenvalue weighted by atomic mass is 19.4. The van der Waals surface area contributed by atoms with Crippen molar-refractivity contribution < 1.29 is 22.7 Å². The fraction of sp³-hybridized carbons (Fsp3) is 0.217. The highest BCUT2D eigenvalue weighted by Crippen LogP contribution is 2.47. The SMILES string of the molecule is O=C(NC1c2ccccc2Oc2ccc(C3CC3)cc21)c1ccc(C(F)(F)F)[nH]c1=O. The lowest BCUT2D eigenvalue weighted by atomic mass is 9.92. The molecule has 31 heavy (non-hydrogen) atoms. The van der Waals surface area contributed by atoms with Crippen LogP contribution in [0.4, 0.5) is 13.2 Å². The van der Waals surface area contributed by atoms with Crippen LogP contribution in [0.25, 0.3) is 0 Å². The lowest BCUT2D eigenvalue weighted by Crippen LogP contribution is -2.35. The molecule has 3 aromatic rings. The number of aromatic nitrogens is 1. The number of nitrogens with one attached hydrogen (secondary N) is 2. The molecule has 5 nitrogen and oxygen atoms in total. The largest absolute Gasteiger partial charge is 0.457 e.